The van der Waals surface area contributed by atoms with E-state index in [1.54, 1.807) is 34.1 Å². The van der Waals surface area contributed by atoms with Crippen LogP contribution >= 0.6 is 0 Å². The molecule has 0 aromatic heterocycles. The second kappa shape index (κ2) is 7.05. The number of ether oxygens (including phenoxy) is 1. The molecule has 1 saturated heterocycles. The van der Waals surface area contributed by atoms with Crippen molar-refractivity contribution in [1.82, 2.24) is 15.1 Å². The summed E-state index contributed by atoms with van der Waals surface area (Å²) in [5, 5.41) is 12.0. The largest absolute Gasteiger partial charge is 0.378 e. The molecule has 140 valence electrons. The van der Waals surface area contributed by atoms with E-state index in [0.717, 1.165) is 24.1 Å². The standard InChI is InChI=1S/C20H22N4O3/c1-13-17(19(25)23-8-10-27-11-9-23)18(15-4-2-14(12-21)3-5-15)22-20(26)24(13)16-6-7-16/h2-5,16,18H,6-11H2,1H3,(H,22,26). The van der Waals surface area contributed by atoms with Crippen molar-refractivity contribution in [2.45, 2.75) is 31.8 Å². The molecule has 0 radical (unpaired) electrons. The van der Waals surface area contributed by atoms with Crippen LogP contribution in [0, 0.1) is 11.3 Å². The summed E-state index contributed by atoms with van der Waals surface area (Å²) in [6.45, 7) is 4.01. The van der Waals surface area contributed by atoms with Gasteiger partial charge in [0.05, 0.1) is 36.5 Å². The van der Waals surface area contributed by atoms with Crippen molar-refractivity contribution in [3.05, 3.63) is 46.7 Å². The van der Waals surface area contributed by atoms with E-state index in [-0.39, 0.29) is 18.0 Å². The third-order valence-corrected chi connectivity index (χ3v) is 5.34. The van der Waals surface area contributed by atoms with Crippen LogP contribution in [0.1, 0.15) is 36.9 Å². The molecule has 3 aliphatic rings. The van der Waals surface area contributed by atoms with Gasteiger partial charge in [-0.15, -0.1) is 0 Å². The molecule has 0 bridgehead atoms. The van der Waals surface area contributed by atoms with Gasteiger partial charge >= 0.3 is 6.03 Å². The monoisotopic (exact) mass is 366 g/mol. The minimum atomic E-state index is -0.518. The third-order valence-electron chi connectivity index (χ3n) is 5.34. The first-order valence-corrected chi connectivity index (χ1v) is 9.27. The van der Waals surface area contributed by atoms with E-state index in [0.29, 0.717) is 37.4 Å². The Morgan fingerprint density at radius 3 is 2.48 bits per heavy atom. The van der Waals surface area contributed by atoms with Crippen molar-refractivity contribution in [1.29, 1.82) is 5.26 Å². The predicted molar refractivity (Wildman–Crippen MR) is 97.4 cm³/mol. The number of nitriles is 1. The Labute approximate surface area is 158 Å². The van der Waals surface area contributed by atoms with Gasteiger partial charge in [-0.25, -0.2) is 4.79 Å². The van der Waals surface area contributed by atoms with Gasteiger partial charge < -0.3 is 15.0 Å². The highest BCUT2D eigenvalue weighted by Gasteiger charge is 2.43. The van der Waals surface area contributed by atoms with Crippen LogP contribution in [0.3, 0.4) is 0 Å². The molecule has 3 amide bonds. The topological polar surface area (TPSA) is 85.7 Å². The molecule has 1 unspecified atom stereocenters. The summed E-state index contributed by atoms with van der Waals surface area (Å²) in [7, 11) is 0. The van der Waals surface area contributed by atoms with Crippen molar-refractivity contribution in [3.8, 4) is 6.07 Å². The highest BCUT2D eigenvalue weighted by Crippen LogP contribution is 2.38. The molecule has 2 fully saturated rings. The average Bonchev–Trinajstić information content (AvgIpc) is 3.53. The molecule has 1 N–H and O–H groups in total. The molecule has 1 aliphatic carbocycles. The van der Waals surface area contributed by atoms with Gasteiger partial charge in [-0.05, 0) is 37.5 Å². The zero-order chi connectivity index (χ0) is 19.0. The molecule has 7 nitrogen and oxygen atoms in total. The van der Waals surface area contributed by atoms with Crippen LogP contribution in [-0.2, 0) is 9.53 Å². The Bertz CT molecular complexity index is 830. The predicted octanol–water partition coefficient (Wildman–Crippen LogP) is 1.92. The Morgan fingerprint density at radius 1 is 1.22 bits per heavy atom. The van der Waals surface area contributed by atoms with E-state index in [1.165, 1.54) is 0 Å². The highest BCUT2D eigenvalue weighted by molar-refractivity contribution is 5.98. The minimum absolute atomic E-state index is 0.0594. The number of hydrogen-bond acceptors (Lipinski definition) is 4. The molecular weight excluding hydrogens is 344 g/mol. The summed E-state index contributed by atoms with van der Waals surface area (Å²) in [6, 6.07) is 8.61. The molecule has 1 aromatic rings. The van der Waals surface area contributed by atoms with E-state index in [2.05, 4.69) is 11.4 Å². The van der Waals surface area contributed by atoms with Crippen molar-refractivity contribution >= 4 is 11.9 Å². The second-order valence-electron chi connectivity index (χ2n) is 7.12. The Kier molecular flexibility index (Phi) is 4.58. The number of hydrogen-bond donors (Lipinski definition) is 1. The van der Waals surface area contributed by atoms with Crippen molar-refractivity contribution in [2.75, 3.05) is 26.3 Å². The fourth-order valence-electron chi connectivity index (χ4n) is 3.74. The maximum Gasteiger partial charge on any atom is 0.322 e. The quantitative estimate of drug-likeness (QED) is 0.886. The third kappa shape index (κ3) is 3.28. The zero-order valence-corrected chi connectivity index (χ0v) is 15.3. The van der Waals surface area contributed by atoms with Crippen LogP contribution in [0.15, 0.2) is 35.5 Å². The molecule has 4 rings (SSSR count). The molecule has 2 heterocycles. The molecular formula is C20H22N4O3. The SMILES string of the molecule is CC1=C(C(=O)N2CCOCC2)C(c2ccc(C#N)cc2)NC(=O)N1C1CC1. The van der Waals surface area contributed by atoms with Gasteiger partial charge in [0, 0.05) is 24.8 Å². The first-order chi connectivity index (χ1) is 13.1. The lowest BCUT2D eigenvalue weighted by atomic mass is 9.93. The summed E-state index contributed by atoms with van der Waals surface area (Å²) in [5.41, 5.74) is 2.68. The van der Waals surface area contributed by atoms with Crippen LogP contribution in [0.2, 0.25) is 0 Å². The number of carbonyl (C=O) groups is 2. The van der Waals surface area contributed by atoms with Gasteiger partial charge in [-0.2, -0.15) is 5.26 Å². The Hall–Kier alpha value is -2.85. The fraction of sp³-hybridized carbons (Fsp3) is 0.450. The summed E-state index contributed by atoms with van der Waals surface area (Å²) in [4.78, 5) is 29.6. The lowest BCUT2D eigenvalue weighted by Crippen LogP contribution is -2.51. The molecule has 1 saturated carbocycles. The van der Waals surface area contributed by atoms with Gasteiger partial charge in [0.25, 0.3) is 5.91 Å². The number of amides is 3. The van der Waals surface area contributed by atoms with Crippen LogP contribution in [0.4, 0.5) is 4.79 Å². The summed E-state index contributed by atoms with van der Waals surface area (Å²) >= 11 is 0. The number of allylic oxidation sites excluding steroid dienone is 1. The van der Waals surface area contributed by atoms with Gasteiger partial charge in [0.1, 0.15) is 0 Å². The average molecular weight is 366 g/mol. The van der Waals surface area contributed by atoms with Crippen molar-refractivity contribution in [2.24, 2.45) is 0 Å². The number of rotatable bonds is 3. The summed E-state index contributed by atoms with van der Waals surface area (Å²) in [6.07, 6.45) is 1.93. The summed E-state index contributed by atoms with van der Waals surface area (Å²) < 4.78 is 5.37. The van der Waals surface area contributed by atoms with E-state index in [1.807, 2.05) is 6.92 Å². The molecule has 0 spiro atoms. The van der Waals surface area contributed by atoms with E-state index in [9.17, 15) is 9.59 Å². The number of nitrogens with zero attached hydrogens (tertiary/aromatic N) is 3. The number of urea groups is 1. The molecule has 27 heavy (non-hydrogen) atoms. The van der Waals surface area contributed by atoms with Gasteiger partial charge in [-0.3, -0.25) is 9.69 Å². The number of benzene rings is 1. The van der Waals surface area contributed by atoms with Crippen LogP contribution < -0.4 is 5.32 Å². The maximum atomic E-state index is 13.3. The maximum absolute atomic E-state index is 13.3. The lowest BCUT2D eigenvalue weighted by Gasteiger charge is -2.38. The number of nitrogens with one attached hydrogen (secondary N) is 1. The summed E-state index contributed by atoms with van der Waals surface area (Å²) in [5.74, 6) is -0.0594. The van der Waals surface area contributed by atoms with Crippen LogP contribution in [0.5, 0.6) is 0 Å². The normalized spacial score (nSPS) is 23.1. The van der Waals surface area contributed by atoms with Crippen molar-refractivity contribution in [3.63, 3.8) is 0 Å². The number of morpholine rings is 1. The van der Waals surface area contributed by atoms with Gasteiger partial charge in [0.2, 0.25) is 0 Å². The molecule has 1 aromatic carbocycles. The lowest BCUT2D eigenvalue weighted by molar-refractivity contribution is -0.131. The van der Waals surface area contributed by atoms with Gasteiger partial charge in [-0.1, -0.05) is 12.1 Å². The van der Waals surface area contributed by atoms with E-state index >= 15 is 0 Å². The van der Waals surface area contributed by atoms with Crippen molar-refractivity contribution < 1.29 is 14.3 Å². The first kappa shape index (κ1) is 17.6. The Balaban J connectivity index is 1.74. The van der Waals surface area contributed by atoms with E-state index in [4.69, 9.17) is 10.00 Å². The molecule has 7 heteroatoms. The van der Waals surface area contributed by atoms with Crippen LogP contribution in [0.25, 0.3) is 0 Å². The van der Waals surface area contributed by atoms with Gasteiger partial charge in [0.15, 0.2) is 0 Å². The smallest absolute Gasteiger partial charge is 0.322 e. The second-order valence-corrected chi connectivity index (χ2v) is 7.12. The van der Waals surface area contributed by atoms with E-state index < -0.39 is 6.04 Å². The molecule has 1 atom stereocenters. The molecule has 2 aliphatic heterocycles. The number of carbonyl (C=O) groups excluding carboxylic acids is 2. The van der Waals surface area contributed by atoms with Crippen LogP contribution in [-0.4, -0.2) is 54.1 Å². The Morgan fingerprint density at radius 2 is 1.89 bits per heavy atom. The highest BCUT2D eigenvalue weighted by atomic mass is 16.5. The first-order valence-electron chi connectivity index (χ1n) is 9.27. The zero-order valence-electron chi connectivity index (χ0n) is 15.3. The minimum Gasteiger partial charge on any atom is -0.378 e. The fourth-order valence-corrected chi connectivity index (χ4v) is 3.74.